The number of aryl methyl sites for hydroxylation is 1. The van der Waals surface area contributed by atoms with E-state index in [2.05, 4.69) is 10.2 Å². The lowest BCUT2D eigenvalue weighted by Gasteiger charge is -2.34. The van der Waals surface area contributed by atoms with Gasteiger partial charge in [0.15, 0.2) is 0 Å². The Hall–Kier alpha value is -1.63. The van der Waals surface area contributed by atoms with E-state index in [4.69, 9.17) is 10.5 Å². The fourth-order valence-corrected chi connectivity index (χ4v) is 2.38. The molecule has 1 amide bonds. The molecule has 1 aliphatic rings. The smallest absolute Gasteiger partial charge is 0.225 e. The van der Waals surface area contributed by atoms with Crippen LogP contribution in [0.1, 0.15) is 12.0 Å². The average Bonchev–Trinajstić information content (AvgIpc) is 2.49. The number of morpholine rings is 1. The third-order valence-electron chi connectivity index (χ3n) is 3.72. The predicted molar refractivity (Wildman–Crippen MR) is 82.1 cm³/mol. The van der Waals surface area contributed by atoms with Crippen molar-refractivity contribution in [3.8, 4) is 0 Å². The average molecular weight is 293 g/mol. The molecule has 0 radical (unpaired) electrons. The highest BCUT2D eigenvalue weighted by molar-refractivity contribution is 5.92. The largest absolute Gasteiger partial charge is 0.399 e. The molecule has 0 bridgehead atoms. The van der Waals surface area contributed by atoms with Crippen LogP contribution in [0.5, 0.6) is 0 Å². The van der Waals surface area contributed by atoms with Gasteiger partial charge in [-0.05, 0) is 24.6 Å². The second kappa shape index (κ2) is 7.40. The molecule has 21 heavy (non-hydrogen) atoms. The zero-order valence-corrected chi connectivity index (χ0v) is 12.3. The number of hydrogen-bond acceptors (Lipinski definition) is 5. The lowest BCUT2D eigenvalue weighted by Crippen LogP contribution is -2.48. The van der Waals surface area contributed by atoms with E-state index in [9.17, 15) is 9.90 Å². The molecule has 1 aromatic rings. The summed E-state index contributed by atoms with van der Waals surface area (Å²) in [6.07, 6.45) is 0.380. The van der Waals surface area contributed by atoms with Gasteiger partial charge in [-0.1, -0.05) is 6.07 Å². The number of nitrogens with one attached hydrogen (secondary N) is 1. The first-order valence-corrected chi connectivity index (χ1v) is 7.19. The predicted octanol–water partition coefficient (Wildman–Crippen LogP) is 0.599. The molecule has 0 spiro atoms. The standard InChI is InChI=1S/C15H23N3O3/c1-11-2-3-12(16)8-14(11)17-15(20)4-5-18-6-7-21-10-13(18)9-19/h2-3,8,13,19H,4-7,9-10,16H2,1H3,(H,17,20). The minimum Gasteiger partial charge on any atom is -0.399 e. The van der Waals surface area contributed by atoms with Gasteiger partial charge in [-0.15, -0.1) is 0 Å². The van der Waals surface area contributed by atoms with Crippen LogP contribution in [0.15, 0.2) is 18.2 Å². The Balaban J connectivity index is 1.85. The molecule has 1 aliphatic heterocycles. The molecule has 1 fully saturated rings. The molecule has 2 rings (SSSR count). The van der Waals surface area contributed by atoms with Gasteiger partial charge in [0.25, 0.3) is 0 Å². The van der Waals surface area contributed by atoms with Crippen molar-refractivity contribution in [2.45, 2.75) is 19.4 Å². The molecule has 0 saturated carbocycles. The zero-order chi connectivity index (χ0) is 15.2. The molecule has 0 aliphatic carbocycles. The van der Waals surface area contributed by atoms with E-state index >= 15 is 0 Å². The number of nitrogens with two attached hydrogens (primary N) is 1. The summed E-state index contributed by atoms with van der Waals surface area (Å²) in [6, 6.07) is 5.44. The second-order valence-corrected chi connectivity index (χ2v) is 5.32. The molecular weight excluding hydrogens is 270 g/mol. The maximum Gasteiger partial charge on any atom is 0.225 e. The van der Waals surface area contributed by atoms with Crippen LogP contribution in [0.2, 0.25) is 0 Å². The lowest BCUT2D eigenvalue weighted by atomic mass is 10.1. The molecule has 1 unspecified atom stereocenters. The van der Waals surface area contributed by atoms with E-state index in [-0.39, 0.29) is 18.6 Å². The summed E-state index contributed by atoms with van der Waals surface area (Å²) >= 11 is 0. The summed E-state index contributed by atoms with van der Waals surface area (Å²) in [5.41, 5.74) is 8.09. The molecule has 0 aromatic heterocycles. The molecule has 1 aromatic carbocycles. The van der Waals surface area contributed by atoms with E-state index in [1.165, 1.54) is 0 Å². The van der Waals surface area contributed by atoms with Gasteiger partial charge in [-0.25, -0.2) is 0 Å². The zero-order valence-electron chi connectivity index (χ0n) is 12.3. The molecule has 1 atom stereocenters. The van der Waals surface area contributed by atoms with E-state index < -0.39 is 0 Å². The molecule has 4 N–H and O–H groups in total. The number of hydrogen-bond donors (Lipinski definition) is 3. The van der Waals surface area contributed by atoms with Crippen molar-refractivity contribution >= 4 is 17.3 Å². The first-order valence-electron chi connectivity index (χ1n) is 7.19. The van der Waals surface area contributed by atoms with Crippen LogP contribution in [0.3, 0.4) is 0 Å². The van der Waals surface area contributed by atoms with Gasteiger partial charge in [-0.2, -0.15) is 0 Å². The molecule has 1 heterocycles. The van der Waals surface area contributed by atoms with Gasteiger partial charge in [0.2, 0.25) is 5.91 Å². The van der Waals surface area contributed by atoms with Crippen molar-refractivity contribution in [1.29, 1.82) is 0 Å². The van der Waals surface area contributed by atoms with E-state index in [1.807, 2.05) is 19.1 Å². The van der Waals surface area contributed by atoms with Crippen molar-refractivity contribution in [3.63, 3.8) is 0 Å². The number of anilines is 2. The number of aliphatic hydroxyl groups is 1. The van der Waals surface area contributed by atoms with Gasteiger partial charge >= 0.3 is 0 Å². The summed E-state index contributed by atoms with van der Waals surface area (Å²) in [5.74, 6) is -0.0492. The quantitative estimate of drug-likeness (QED) is 0.692. The third kappa shape index (κ3) is 4.42. The highest BCUT2D eigenvalue weighted by atomic mass is 16.5. The fraction of sp³-hybridized carbons (Fsp3) is 0.533. The number of amides is 1. The van der Waals surface area contributed by atoms with Crippen molar-refractivity contribution in [1.82, 2.24) is 4.90 Å². The summed E-state index contributed by atoms with van der Waals surface area (Å²) in [7, 11) is 0. The van der Waals surface area contributed by atoms with Gasteiger partial charge in [0.05, 0.1) is 25.9 Å². The molecular formula is C15H23N3O3. The Bertz CT molecular complexity index is 493. The highest BCUT2D eigenvalue weighted by Crippen LogP contribution is 2.18. The Morgan fingerprint density at radius 3 is 3.14 bits per heavy atom. The number of carbonyl (C=O) groups excluding carboxylic acids is 1. The van der Waals surface area contributed by atoms with Crippen molar-refractivity contribution in [2.24, 2.45) is 0 Å². The van der Waals surface area contributed by atoms with Crippen LogP contribution in [0.25, 0.3) is 0 Å². The number of nitrogens with zero attached hydrogens (tertiary/aromatic N) is 1. The van der Waals surface area contributed by atoms with Crippen LogP contribution < -0.4 is 11.1 Å². The Kier molecular flexibility index (Phi) is 5.55. The van der Waals surface area contributed by atoms with E-state index in [0.29, 0.717) is 31.9 Å². The molecule has 1 saturated heterocycles. The normalized spacial score (nSPS) is 19.4. The number of rotatable bonds is 5. The van der Waals surface area contributed by atoms with Gasteiger partial charge in [-0.3, -0.25) is 9.69 Å². The Labute approximate surface area is 124 Å². The topological polar surface area (TPSA) is 87.8 Å². The minimum absolute atomic E-state index is 0.0133. The van der Waals surface area contributed by atoms with Gasteiger partial charge in [0.1, 0.15) is 0 Å². The Morgan fingerprint density at radius 2 is 2.38 bits per heavy atom. The highest BCUT2D eigenvalue weighted by Gasteiger charge is 2.22. The van der Waals surface area contributed by atoms with E-state index in [0.717, 1.165) is 17.8 Å². The van der Waals surface area contributed by atoms with Crippen LogP contribution in [0, 0.1) is 6.92 Å². The van der Waals surface area contributed by atoms with Crippen molar-refractivity contribution in [2.75, 3.05) is 44.0 Å². The van der Waals surface area contributed by atoms with Crippen LogP contribution in [0.4, 0.5) is 11.4 Å². The van der Waals surface area contributed by atoms with Crippen LogP contribution in [-0.4, -0.2) is 54.9 Å². The second-order valence-electron chi connectivity index (χ2n) is 5.32. The minimum atomic E-state index is -0.0492. The van der Waals surface area contributed by atoms with Crippen molar-refractivity contribution in [3.05, 3.63) is 23.8 Å². The number of carbonyl (C=O) groups is 1. The number of aliphatic hydroxyl groups excluding tert-OH is 1. The van der Waals surface area contributed by atoms with Crippen LogP contribution in [-0.2, 0) is 9.53 Å². The van der Waals surface area contributed by atoms with Crippen molar-refractivity contribution < 1.29 is 14.6 Å². The molecule has 6 nitrogen and oxygen atoms in total. The first kappa shape index (κ1) is 15.8. The summed E-state index contributed by atoms with van der Waals surface area (Å²) < 4.78 is 5.32. The SMILES string of the molecule is Cc1ccc(N)cc1NC(=O)CCN1CCOCC1CO. The number of nitrogen functional groups attached to an aromatic ring is 1. The van der Waals surface area contributed by atoms with Crippen LogP contribution >= 0.6 is 0 Å². The summed E-state index contributed by atoms with van der Waals surface area (Å²) in [5, 5.41) is 12.2. The fourth-order valence-electron chi connectivity index (χ4n) is 2.38. The monoisotopic (exact) mass is 293 g/mol. The molecule has 116 valence electrons. The number of ether oxygens (including phenoxy) is 1. The summed E-state index contributed by atoms with van der Waals surface area (Å²) in [6.45, 7) is 4.51. The maximum atomic E-state index is 12.0. The number of benzene rings is 1. The van der Waals surface area contributed by atoms with E-state index in [1.54, 1.807) is 6.07 Å². The molecule has 6 heteroatoms. The maximum absolute atomic E-state index is 12.0. The van der Waals surface area contributed by atoms with Gasteiger partial charge in [0, 0.05) is 30.9 Å². The lowest BCUT2D eigenvalue weighted by molar-refractivity contribution is -0.117. The third-order valence-corrected chi connectivity index (χ3v) is 3.72. The summed E-state index contributed by atoms with van der Waals surface area (Å²) in [4.78, 5) is 14.1. The van der Waals surface area contributed by atoms with Gasteiger partial charge < -0.3 is 20.9 Å². The Morgan fingerprint density at radius 1 is 1.57 bits per heavy atom. The first-order chi connectivity index (χ1) is 10.1.